The highest BCUT2D eigenvalue weighted by Crippen LogP contribution is 2.44. The second-order valence-corrected chi connectivity index (χ2v) is 4.16. The van der Waals surface area contributed by atoms with E-state index in [1.165, 1.54) is 0 Å². The van der Waals surface area contributed by atoms with Crippen LogP contribution in [0.1, 0.15) is 32.6 Å². The molecule has 0 saturated heterocycles. The summed E-state index contributed by atoms with van der Waals surface area (Å²) >= 11 is 0. The van der Waals surface area contributed by atoms with E-state index in [1.807, 2.05) is 6.92 Å². The Morgan fingerprint density at radius 3 is 2.56 bits per heavy atom. The molecule has 0 unspecified atom stereocenters. The zero-order chi connectivity index (χ0) is 12.0. The van der Waals surface area contributed by atoms with Gasteiger partial charge in [0.05, 0.1) is 12.0 Å². The average molecular weight is 229 g/mol. The van der Waals surface area contributed by atoms with Crippen molar-refractivity contribution in [1.82, 2.24) is 5.32 Å². The van der Waals surface area contributed by atoms with Gasteiger partial charge in [-0.25, -0.2) is 0 Å². The van der Waals surface area contributed by atoms with Gasteiger partial charge >= 0.3 is 5.97 Å². The van der Waals surface area contributed by atoms with E-state index in [9.17, 15) is 9.59 Å². The third kappa shape index (κ3) is 3.20. The molecule has 0 aromatic rings. The molecule has 5 nitrogen and oxygen atoms in total. The van der Waals surface area contributed by atoms with E-state index >= 15 is 0 Å². The summed E-state index contributed by atoms with van der Waals surface area (Å²) in [5.41, 5.74) is -0.796. The fourth-order valence-electron chi connectivity index (χ4n) is 1.85. The first-order valence-electron chi connectivity index (χ1n) is 5.68. The number of carboxylic acids is 1. The Balaban J connectivity index is 2.25. The van der Waals surface area contributed by atoms with Gasteiger partial charge in [-0.2, -0.15) is 0 Å². The van der Waals surface area contributed by atoms with Crippen LogP contribution in [0, 0.1) is 5.41 Å². The SMILES string of the molecule is CCOCCNC(=O)CC1(C(=O)O)CCC1. The van der Waals surface area contributed by atoms with Crippen LogP contribution in [0.2, 0.25) is 0 Å². The minimum atomic E-state index is -0.848. The van der Waals surface area contributed by atoms with E-state index < -0.39 is 11.4 Å². The van der Waals surface area contributed by atoms with Crippen molar-refractivity contribution >= 4 is 11.9 Å². The topological polar surface area (TPSA) is 75.6 Å². The minimum absolute atomic E-state index is 0.0917. The molecule has 2 N–H and O–H groups in total. The molecule has 16 heavy (non-hydrogen) atoms. The van der Waals surface area contributed by atoms with E-state index in [1.54, 1.807) is 0 Å². The highest BCUT2D eigenvalue weighted by Gasteiger charge is 2.45. The molecule has 1 saturated carbocycles. The number of aliphatic carboxylic acids is 1. The van der Waals surface area contributed by atoms with Crippen LogP contribution < -0.4 is 5.32 Å². The van der Waals surface area contributed by atoms with Crippen molar-refractivity contribution in [3.63, 3.8) is 0 Å². The van der Waals surface area contributed by atoms with Gasteiger partial charge in [0.2, 0.25) is 5.91 Å². The van der Waals surface area contributed by atoms with Gasteiger partial charge in [-0.15, -0.1) is 0 Å². The fourth-order valence-corrected chi connectivity index (χ4v) is 1.85. The molecule has 1 aliphatic rings. The predicted octanol–water partition coefficient (Wildman–Crippen LogP) is 0.784. The normalized spacial score (nSPS) is 17.6. The molecule has 0 atom stereocenters. The molecule has 92 valence electrons. The lowest BCUT2D eigenvalue weighted by Gasteiger charge is -2.36. The molecule has 5 heteroatoms. The first kappa shape index (κ1) is 13.0. The Kier molecular flexibility index (Phi) is 4.73. The summed E-state index contributed by atoms with van der Waals surface area (Å²) in [6, 6.07) is 0. The van der Waals surface area contributed by atoms with Crippen molar-refractivity contribution in [2.75, 3.05) is 19.8 Å². The summed E-state index contributed by atoms with van der Waals surface area (Å²) in [5.74, 6) is -1.04. The molecule has 0 bridgehead atoms. The van der Waals surface area contributed by atoms with Crippen LogP contribution in [-0.4, -0.2) is 36.7 Å². The molecule has 1 fully saturated rings. The summed E-state index contributed by atoms with van der Waals surface area (Å²) in [4.78, 5) is 22.5. The van der Waals surface area contributed by atoms with Crippen molar-refractivity contribution in [3.05, 3.63) is 0 Å². The number of nitrogens with one attached hydrogen (secondary N) is 1. The van der Waals surface area contributed by atoms with Gasteiger partial charge in [-0.3, -0.25) is 9.59 Å². The van der Waals surface area contributed by atoms with E-state index in [4.69, 9.17) is 9.84 Å². The first-order valence-corrected chi connectivity index (χ1v) is 5.68. The molecule has 0 aromatic carbocycles. The molecule has 0 radical (unpaired) electrons. The number of hydrogen-bond acceptors (Lipinski definition) is 3. The molecular weight excluding hydrogens is 210 g/mol. The maximum Gasteiger partial charge on any atom is 0.310 e. The molecule has 1 aliphatic carbocycles. The van der Waals surface area contributed by atoms with Crippen LogP contribution >= 0.6 is 0 Å². The minimum Gasteiger partial charge on any atom is -0.481 e. The lowest BCUT2D eigenvalue weighted by atomic mass is 9.66. The Hall–Kier alpha value is -1.10. The number of carbonyl (C=O) groups excluding carboxylic acids is 1. The number of ether oxygens (including phenoxy) is 1. The highest BCUT2D eigenvalue weighted by atomic mass is 16.5. The summed E-state index contributed by atoms with van der Waals surface area (Å²) in [6.45, 7) is 3.43. The van der Waals surface area contributed by atoms with Crippen molar-refractivity contribution < 1.29 is 19.4 Å². The second kappa shape index (κ2) is 5.84. The summed E-state index contributed by atoms with van der Waals surface area (Å²) in [7, 11) is 0. The Bertz CT molecular complexity index is 261. The Morgan fingerprint density at radius 1 is 1.44 bits per heavy atom. The zero-order valence-corrected chi connectivity index (χ0v) is 9.62. The van der Waals surface area contributed by atoms with Gasteiger partial charge in [-0.1, -0.05) is 6.42 Å². The molecule has 0 aromatic heterocycles. The maximum atomic E-state index is 11.5. The van der Waals surface area contributed by atoms with Crippen molar-refractivity contribution in [2.45, 2.75) is 32.6 Å². The number of amides is 1. The molecular formula is C11H19NO4. The van der Waals surface area contributed by atoms with E-state index in [-0.39, 0.29) is 12.3 Å². The van der Waals surface area contributed by atoms with Gasteiger partial charge in [0.15, 0.2) is 0 Å². The molecule has 1 rings (SSSR count). The number of carboxylic acid groups (broad SMARTS) is 1. The third-order valence-electron chi connectivity index (χ3n) is 3.04. The molecule has 0 aliphatic heterocycles. The first-order chi connectivity index (χ1) is 7.60. The van der Waals surface area contributed by atoms with Crippen LogP contribution in [0.3, 0.4) is 0 Å². The van der Waals surface area contributed by atoms with Gasteiger partial charge in [0.1, 0.15) is 0 Å². The quantitative estimate of drug-likeness (QED) is 0.633. The lowest BCUT2D eigenvalue weighted by Crippen LogP contribution is -2.43. The second-order valence-electron chi connectivity index (χ2n) is 4.16. The molecule has 0 heterocycles. The van der Waals surface area contributed by atoms with Gasteiger partial charge in [-0.05, 0) is 19.8 Å². The Labute approximate surface area is 95.2 Å². The lowest BCUT2D eigenvalue weighted by molar-refractivity contribution is -0.157. The number of hydrogen-bond donors (Lipinski definition) is 2. The van der Waals surface area contributed by atoms with Gasteiger partial charge in [0, 0.05) is 19.6 Å². The van der Waals surface area contributed by atoms with Crippen molar-refractivity contribution in [1.29, 1.82) is 0 Å². The molecule has 0 spiro atoms. The highest BCUT2D eigenvalue weighted by molar-refractivity contribution is 5.85. The number of carbonyl (C=O) groups is 2. The summed E-state index contributed by atoms with van der Waals surface area (Å²) in [6.07, 6.45) is 2.22. The van der Waals surface area contributed by atoms with Crippen LogP contribution in [0.25, 0.3) is 0 Å². The van der Waals surface area contributed by atoms with Crippen LogP contribution in [0.4, 0.5) is 0 Å². The van der Waals surface area contributed by atoms with Crippen molar-refractivity contribution in [3.8, 4) is 0 Å². The average Bonchev–Trinajstić information content (AvgIpc) is 2.18. The number of rotatable bonds is 7. The largest absolute Gasteiger partial charge is 0.481 e. The third-order valence-corrected chi connectivity index (χ3v) is 3.04. The van der Waals surface area contributed by atoms with E-state index in [0.29, 0.717) is 32.6 Å². The Morgan fingerprint density at radius 2 is 2.12 bits per heavy atom. The van der Waals surface area contributed by atoms with Crippen LogP contribution in [0.15, 0.2) is 0 Å². The predicted molar refractivity (Wildman–Crippen MR) is 58.0 cm³/mol. The fraction of sp³-hybridized carbons (Fsp3) is 0.818. The van der Waals surface area contributed by atoms with Gasteiger partial charge in [0.25, 0.3) is 0 Å². The van der Waals surface area contributed by atoms with Gasteiger partial charge < -0.3 is 15.2 Å². The van der Waals surface area contributed by atoms with E-state index in [2.05, 4.69) is 5.32 Å². The summed E-state index contributed by atoms with van der Waals surface area (Å²) < 4.78 is 5.07. The monoisotopic (exact) mass is 229 g/mol. The molecule has 1 amide bonds. The standard InChI is InChI=1S/C11H19NO4/c1-2-16-7-6-12-9(13)8-11(10(14)15)4-3-5-11/h2-8H2,1H3,(H,12,13)(H,14,15). The van der Waals surface area contributed by atoms with E-state index in [0.717, 1.165) is 6.42 Å². The van der Waals surface area contributed by atoms with Crippen LogP contribution in [0.5, 0.6) is 0 Å². The zero-order valence-electron chi connectivity index (χ0n) is 9.62. The van der Waals surface area contributed by atoms with Crippen molar-refractivity contribution in [2.24, 2.45) is 5.41 Å². The smallest absolute Gasteiger partial charge is 0.310 e. The van der Waals surface area contributed by atoms with Crippen LogP contribution in [-0.2, 0) is 14.3 Å². The maximum absolute atomic E-state index is 11.5. The summed E-state index contributed by atoms with van der Waals surface area (Å²) in [5, 5.41) is 11.7.